The molecule has 0 unspecified atom stereocenters. The van der Waals surface area contributed by atoms with Gasteiger partial charge in [0.15, 0.2) is 5.82 Å². The average molecular weight is 306 g/mol. The number of aryl methyl sites for hydroxylation is 1. The molecule has 21 heavy (non-hydrogen) atoms. The van der Waals surface area contributed by atoms with Gasteiger partial charge < -0.3 is 14.7 Å². The largest absolute Gasteiger partial charge is 0.406 e. The Hall–Kier alpha value is -2.13. The topological polar surface area (TPSA) is 88.3 Å². The van der Waals surface area contributed by atoms with Gasteiger partial charge in [0.1, 0.15) is 6.54 Å². The summed E-state index contributed by atoms with van der Waals surface area (Å²) in [5.74, 6) is -1.39. The fourth-order valence-corrected chi connectivity index (χ4v) is 2.04. The average Bonchev–Trinajstić information content (AvgIpc) is 2.92. The molecule has 1 aromatic heterocycles. The zero-order valence-corrected chi connectivity index (χ0v) is 11.1. The molecule has 1 aromatic rings. The number of carbonyl (C=O) groups is 2. The molecule has 2 heterocycles. The van der Waals surface area contributed by atoms with Crippen molar-refractivity contribution in [2.45, 2.75) is 26.1 Å². The molecule has 2 amide bonds. The highest BCUT2D eigenvalue weighted by molar-refractivity contribution is 5.89. The molecule has 2 rings (SSSR count). The Balaban J connectivity index is 1.85. The Morgan fingerprint density at radius 1 is 1.52 bits per heavy atom. The number of likely N-dealkylation sites (tertiary alicyclic amines) is 1. The highest BCUT2D eigenvalue weighted by atomic mass is 19.4. The summed E-state index contributed by atoms with van der Waals surface area (Å²) < 4.78 is 41.6. The third-order valence-electron chi connectivity index (χ3n) is 2.94. The van der Waals surface area contributed by atoms with Crippen molar-refractivity contribution in [1.82, 2.24) is 20.4 Å². The lowest BCUT2D eigenvalue weighted by Gasteiger charge is -2.18. The van der Waals surface area contributed by atoms with Gasteiger partial charge >= 0.3 is 6.18 Å². The first-order valence-electron chi connectivity index (χ1n) is 6.16. The molecule has 0 saturated carbocycles. The number of hydrogen-bond acceptors (Lipinski definition) is 5. The van der Waals surface area contributed by atoms with Gasteiger partial charge in [-0.1, -0.05) is 5.16 Å². The third-order valence-corrected chi connectivity index (χ3v) is 2.94. The van der Waals surface area contributed by atoms with Gasteiger partial charge in [0.2, 0.25) is 17.7 Å². The first-order valence-corrected chi connectivity index (χ1v) is 6.16. The van der Waals surface area contributed by atoms with E-state index in [0.717, 1.165) is 0 Å². The van der Waals surface area contributed by atoms with Crippen LogP contribution >= 0.6 is 0 Å². The fourth-order valence-electron chi connectivity index (χ4n) is 2.04. The number of aromatic nitrogens is 2. The molecule has 1 aliphatic rings. The van der Waals surface area contributed by atoms with E-state index in [1.165, 1.54) is 0 Å². The van der Waals surface area contributed by atoms with E-state index in [-0.39, 0.29) is 25.4 Å². The normalized spacial score (nSPS) is 19.1. The van der Waals surface area contributed by atoms with Crippen molar-refractivity contribution in [1.29, 1.82) is 0 Å². The molecule has 10 heteroatoms. The quantitative estimate of drug-likeness (QED) is 0.870. The molecule has 0 aromatic carbocycles. The van der Waals surface area contributed by atoms with Crippen molar-refractivity contribution in [2.24, 2.45) is 5.92 Å². The van der Waals surface area contributed by atoms with Crippen LogP contribution in [0.25, 0.3) is 0 Å². The van der Waals surface area contributed by atoms with Gasteiger partial charge in [-0.3, -0.25) is 9.59 Å². The predicted octanol–water partition coefficient (Wildman–Crippen LogP) is 0.405. The molecule has 1 aliphatic heterocycles. The summed E-state index contributed by atoms with van der Waals surface area (Å²) in [6.07, 6.45) is -4.70. The van der Waals surface area contributed by atoms with Crippen LogP contribution in [0, 0.1) is 12.8 Å². The summed E-state index contributed by atoms with van der Waals surface area (Å²) in [4.78, 5) is 27.8. The van der Waals surface area contributed by atoms with Crippen LogP contribution in [0.2, 0.25) is 0 Å². The van der Waals surface area contributed by atoms with Gasteiger partial charge in [-0.05, 0) is 6.92 Å². The second kappa shape index (κ2) is 5.70. The molecule has 1 N–H and O–H groups in total. The molecule has 0 radical (unpaired) electrons. The zero-order chi connectivity index (χ0) is 15.6. The van der Waals surface area contributed by atoms with Crippen molar-refractivity contribution >= 4 is 11.8 Å². The summed E-state index contributed by atoms with van der Waals surface area (Å²) in [5, 5.41) is 5.99. The Morgan fingerprint density at radius 2 is 2.24 bits per heavy atom. The SMILES string of the molecule is Cc1noc(CNC(=O)[C@@H]2CC(=O)N(CC(F)(F)F)C2)n1. The second-order valence-corrected chi connectivity index (χ2v) is 4.74. The monoisotopic (exact) mass is 306 g/mol. The standard InChI is InChI=1S/C11H13F3N4O3/c1-6-16-8(21-17-6)3-15-10(20)7-2-9(19)18(4-7)5-11(12,13)14/h7H,2-5H2,1H3,(H,15,20)/t7-/m1/s1. The van der Waals surface area contributed by atoms with E-state index < -0.39 is 30.5 Å². The maximum absolute atomic E-state index is 12.3. The van der Waals surface area contributed by atoms with Gasteiger partial charge in [0.05, 0.1) is 12.5 Å². The van der Waals surface area contributed by atoms with Gasteiger partial charge in [-0.25, -0.2) is 0 Å². The van der Waals surface area contributed by atoms with Crippen LogP contribution in [0.15, 0.2) is 4.52 Å². The van der Waals surface area contributed by atoms with E-state index in [1.54, 1.807) is 6.92 Å². The molecule has 7 nitrogen and oxygen atoms in total. The van der Waals surface area contributed by atoms with Crippen LogP contribution in [-0.2, 0) is 16.1 Å². The summed E-state index contributed by atoms with van der Waals surface area (Å²) in [6, 6.07) is 0. The van der Waals surface area contributed by atoms with Crippen molar-refractivity contribution in [3.8, 4) is 0 Å². The van der Waals surface area contributed by atoms with Crippen LogP contribution in [-0.4, -0.2) is 46.1 Å². The number of rotatable bonds is 4. The van der Waals surface area contributed by atoms with Crippen LogP contribution in [0.5, 0.6) is 0 Å². The molecule has 0 spiro atoms. The Kier molecular flexibility index (Phi) is 4.14. The zero-order valence-electron chi connectivity index (χ0n) is 11.1. The lowest BCUT2D eigenvalue weighted by molar-refractivity contribution is -0.157. The van der Waals surface area contributed by atoms with E-state index in [2.05, 4.69) is 15.5 Å². The number of hydrogen-bond donors (Lipinski definition) is 1. The minimum absolute atomic E-state index is 0.0242. The summed E-state index contributed by atoms with van der Waals surface area (Å²) >= 11 is 0. The Bertz CT molecular complexity index is 543. The molecule has 1 fully saturated rings. The van der Waals surface area contributed by atoms with Gasteiger partial charge in [0.25, 0.3) is 0 Å². The predicted molar refractivity (Wildman–Crippen MR) is 61.6 cm³/mol. The maximum Gasteiger partial charge on any atom is 0.406 e. The first-order chi connectivity index (χ1) is 9.74. The molecule has 0 bridgehead atoms. The smallest absolute Gasteiger partial charge is 0.347 e. The second-order valence-electron chi connectivity index (χ2n) is 4.74. The Morgan fingerprint density at radius 3 is 2.81 bits per heavy atom. The minimum atomic E-state index is -4.47. The van der Waals surface area contributed by atoms with Crippen LogP contribution in [0.3, 0.4) is 0 Å². The molecule has 1 saturated heterocycles. The number of alkyl halides is 3. The number of halogens is 3. The molecular weight excluding hydrogens is 293 g/mol. The van der Waals surface area contributed by atoms with Crippen LogP contribution in [0.1, 0.15) is 18.1 Å². The van der Waals surface area contributed by atoms with E-state index in [9.17, 15) is 22.8 Å². The number of amides is 2. The highest BCUT2D eigenvalue weighted by Gasteiger charge is 2.40. The van der Waals surface area contributed by atoms with E-state index in [0.29, 0.717) is 10.7 Å². The highest BCUT2D eigenvalue weighted by Crippen LogP contribution is 2.23. The summed E-state index contributed by atoms with van der Waals surface area (Å²) in [5.41, 5.74) is 0. The van der Waals surface area contributed by atoms with Gasteiger partial charge in [-0.15, -0.1) is 0 Å². The summed E-state index contributed by atoms with van der Waals surface area (Å²) in [7, 11) is 0. The summed E-state index contributed by atoms with van der Waals surface area (Å²) in [6.45, 7) is 0.00854. The van der Waals surface area contributed by atoms with Gasteiger partial charge in [-0.2, -0.15) is 18.2 Å². The van der Waals surface area contributed by atoms with Crippen LogP contribution in [0.4, 0.5) is 13.2 Å². The lowest BCUT2D eigenvalue weighted by atomic mass is 10.1. The molecular formula is C11H13F3N4O3. The van der Waals surface area contributed by atoms with E-state index in [1.807, 2.05) is 0 Å². The maximum atomic E-state index is 12.3. The number of carbonyl (C=O) groups excluding carboxylic acids is 2. The van der Waals surface area contributed by atoms with Crippen molar-refractivity contribution in [3.63, 3.8) is 0 Å². The minimum Gasteiger partial charge on any atom is -0.347 e. The first kappa shape index (κ1) is 15.3. The van der Waals surface area contributed by atoms with E-state index in [4.69, 9.17) is 4.52 Å². The van der Waals surface area contributed by atoms with Crippen LogP contribution < -0.4 is 5.32 Å². The van der Waals surface area contributed by atoms with Crippen molar-refractivity contribution < 1.29 is 27.3 Å². The van der Waals surface area contributed by atoms with E-state index >= 15 is 0 Å². The Labute approximate surface area is 117 Å². The number of nitrogens with zero attached hydrogens (tertiary/aromatic N) is 3. The third kappa shape index (κ3) is 4.17. The molecule has 116 valence electrons. The van der Waals surface area contributed by atoms with Crippen molar-refractivity contribution in [2.75, 3.05) is 13.1 Å². The lowest BCUT2D eigenvalue weighted by Crippen LogP contribution is -2.37. The molecule has 1 atom stereocenters. The van der Waals surface area contributed by atoms with Gasteiger partial charge in [0, 0.05) is 13.0 Å². The fraction of sp³-hybridized carbons (Fsp3) is 0.636. The molecule has 0 aliphatic carbocycles. The van der Waals surface area contributed by atoms with Crippen molar-refractivity contribution in [3.05, 3.63) is 11.7 Å². The number of nitrogens with one attached hydrogen (secondary N) is 1.